The Morgan fingerprint density at radius 1 is 0.933 bits per heavy atom. The quantitative estimate of drug-likeness (QED) is 0.599. The van der Waals surface area contributed by atoms with Gasteiger partial charge in [-0.1, -0.05) is 6.07 Å². The molecular weight excluding hydrogens is 380 g/mol. The van der Waals surface area contributed by atoms with Crippen LogP contribution in [0, 0.1) is 0 Å². The molecular formula is C24H28N2O4. The molecule has 1 aliphatic heterocycles. The van der Waals surface area contributed by atoms with Gasteiger partial charge in [-0.2, -0.15) is 0 Å². The highest BCUT2D eigenvalue weighted by Gasteiger charge is 2.25. The number of phenols is 1. The van der Waals surface area contributed by atoms with Crippen molar-refractivity contribution in [2.75, 3.05) is 19.8 Å². The summed E-state index contributed by atoms with van der Waals surface area (Å²) in [4.78, 5) is 0. The van der Waals surface area contributed by atoms with E-state index in [2.05, 4.69) is 34.3 Å². The van der Waals surface area contributed by atoms with Gasteiger partial charge in [0.05, 0.1) is 31.5 Å². The van der Waals surface area contributed by atoms with Crippen LogP contribution in [0.1, 0.15) is 43.6 Å². The number of aromatic hydroxyl groups is 1. The molecule has 158 valence electrons. The van der Waals surface area contributed by atoms with E-state index >= 15 is 0 Å². The lowest BCUT2D eigenvalue weighted by Crippen LogP contribution is -2.21. The number of hydrogen-bond donors (Lipinski definition) is 2. The molecule has 0 fully saturated rings. The molecule has 1 aliphatic rings. The average Bonchev–Trinajstić information content (AvgIpc) is 3.16. The Labute approximate surface area is 177 Å². The second-order valence-corrected chi connectivity index (χ2v) is 7.07. The van der Waals surface area contributed by atoms with Gasteiger partial charge >= 0.3 is 0 Å². The van der Waals surface area contributed by atoms with Crippen LogP contribution >= 0.6 is 0 Å². The molecule has 0 saturated carbocycles. The normalized spacial score (nSPS) is 15.1. The van der Waals surface area contributed by atoms with E-state index in [-0.39, 0.29) is 11.8 Å². The fraction of sp³-hybridized carbons (Fsp3) is 0.333. The van der Waals surface area contributed by atoms with E-state index in [4.69, 9.17) is 14.2 Å². The summed E-state index contributed by atoms with van der Waals surface area (Å²) in [6.07, 6.45) is 2.06. The first kappa shape index (κ1) is 20.2. The summed E-state index contributed by atoms with van der Waals surface area (Å²) < 4.78 is 19.5. The maximum Gasteiger partial charge on any atom is 0.163 e. The molecule has 6 nitrogen and oxygen atoms in total. The molecule has 0 spiro atoms. The first-order valence-corrected chi connectivity index (χ1v) is 10.4. The Balaban J connectivity index is 1.79. The van der Waals surface area contributed by atoms with Gasteiger partial charge in [-0.05, 0) is 62.2 Å². The number of nitrogens with zero attached hydrogens (tertiary/aromatic N) is 1. The van der Waals surface area contributed by atoms with E-state index in [0.717, 1.165) is 34.0 Å². The molecule has 2 heterocycles. The largest absolute Gasteiger partial charge is 0.504 e. The van der Waals surface area contributed by atoms with Gasteiger partial charge in [0, 0.05) is 24.5 Å². The van der Waals surface area contributed by atoms with Crippen LogP contribution in [0.2, 0.25) is 0 Å². The van der Waals surface area contributed by atoms with E-state index < -0.39 is 0 Å². The number of phenolic OH excluding ortho intramolecular Hbond substituents is 1. The summed E-state index contributed by atoms with van der Waals surface area (Å²) in [7, 11) is 0. The summed E-state index contributed by atoms with van der Waals surface area (Å²) in [6.45, 7) is 8.17. The molecule has 0 aliphatic carbocycles. The molecule has 1 aromatic heterocycles. The Morgan fingerprint density at radius 2 is 1.63 bits per heavy atom. The highest BCUT2D eigenvalue weighted by Crippen LogP contribution is 2.38. The average molecular weight is 408 g/mol. The molecule has 2 aromatic carbocycles. The van der Waals surface area contributed by atoms with Crippen LogP contribution < -0.4 is 19.5 Å². The zero-order chi connectivity index (χ0) is 21.1. The molecule has 30 heavy (non-hydrogen) atoms. The molecule has 0 radical (unpaired) electrons. The molecule has 0 amide bonds. The van der Waals surface area contributed by atoms with Crippen molar-refractivity contribution >= 4 is 0 Å². The molecule has 0 unspecified atom stereocenters. The minimum atomic E-state index is -0.0571. The first-order valence-electron chi connectivity index (χ1n) is 10.4. The van der Waals surface area contributed by atoms with Gasteiger partial charge in [-0.25, -0.2) is 0 Å². The third-order valence-electron chi connectivity index (χ3n) is 5.19. The number of ether oxygens (including phenoxy) is 3. The van der Waals surface area contributed by atoms with Gasteiger partial charge in [-0.3, -0.25) is 0 Å². The van der Waals surface area contributed by atoms with Gasteiger partial charge in [0.1, 0.15) is 0 Å². The van der Waals surface area contributed by atoms with E-state index in [0.29, 0.717) is 32.1 Å². The Morgan fingerprint density at radius 3 is 2.37 bits per heavy atom. The zero-order valence-corrected chi connectivity index (χ0v) is 17.6. The molecule has 0 saturated heterocycles. The van der Waals surface area contributed by atoms with Gasteiger partial charge in [0.15, 0.2) is 23.0 Å². The monoisotopic (exact) mass is 408 g/mol. The van der Waals surface area contributed by atoms with Gasteiger partial charge in [0.25, 0.3) is 0 Å². The lowest BCUT2D eigenvalue weighted by molar-refractivity contribution is 0.287. The van der Waals surface area contributed by atoms with Crippen molar-refractivity contribution in [1.29, 1.82) is 0 Å². The third kappa shape index (κ3) is 3.71. The number of benzene rings is 2. The van der Waals surface area contributed by atoms with Crippen LogP contribution in [-0.2, 0) is 6.54 Å². The van der Waals surface area contributed by atoms with Crippen molar-refractivity contribution in [3.8, 4) is 28.7 Å². The third-order valence-corrected chi connectivity index (χ3v) is 5.19. The summed E-state index contributed by atoms with van der Waals surface area (Å²) >= 11 is 0. The summed E-state index contributed by atoms with van der Waals surface area (Å²) in [6, 6.07) is 13.7. The number of hydrogen-bond acceptors (Lipinski definition) is 5. The fourth-order valence-electron chi connectivity index (χ4n) is 3.93. The van der Waals surface area contributed by atoms with Crippen LogP contribution in [0.3, 0.4) is 0 Å². The zero-order valence-electron chi connectivity index (χ0n) is 17.6. The number of fused-ring (bicyclic) bond motifs is 3. The molecule has 3 aromatic rings. The van der Waals surface area contributed by atoms with Crippen LogP contribution in [0.25, 0.3) is 5.69 Å². The topological polar surface area (TPSA) is 64.9 Å². The van der Waals surface area contributed by atoms with Gasteiger partial charge in [-0.15, -0.1) is 0 Å². The maximum absolute atomic E-state index is 10.1. The van der Waals surface area contributed by atoms with Crippen molar-refractivity contribution in [2.45, 2.75) is 33.4 Å². The fourth-order valence-corrected chi connectivity index (χ4v) is 3.93. The SMILES string of the molecule is CCOc1cc([C@@H]2NCc3cc(OCC)c(OCC)cc3-n3cccc32)ccc1O. The van der Waals surface area contributed by atoms with E-state index in [1.807, 2.05) is 39.0 Å². The van der Waals surface area contributed by atoms with Crippen molar-refractivity contribution < 1.29 is 19.3 Å². The van der Waals surface area contributed by atoms with Crippen molar-refractivity contribution in [1.82, 2.24) is 9.88 Å². The van der Waals surface area contributed by atoms with Crippen LogP contribution in [-0.4, -0.2) is 29.5 Å². The van der Waals surface area contributed by atoms with Crippen LogP contribution in [0.15, 0.2) is 48.7 Å². The number of rotatable bonds is 7. The predicted octanol–water partition coefficient (Wildman–Crippen LogP) is 4.57. The predicted molar refractivity (Wildman–Crippen MR) is 116 cm³/mol. The highest BCUT2D eigenvalue weighted by molar-refractivity contribution is 5.57. The lowest BCUT2D eigenvalue weighted by atomic mass is 10.0. The maximum atomic E-state index is 10.1. The highest BCUT2D eigenvalue weighted by atomic mass is 16.5. The van der Waals surface area contributed by atoms with Crippen molar-refractivity contribution in [3.05, 3.63) is 65.5 Å². The molecule has 0 bridgehead atoms. The van der Waals surface area contributed by atoms with E-state index in [1.54, 1.807) is 6.07 Å². The second kappa shape index (κ2) is 8.71. The second-order valence-electron chi connectivity index (χ2n) is 7.07. The Kier molecular flexibility index (Phi) is 5.86. The molecule has 1 atom stereocenters. The van der Waals surface area contributed by atoms with Gasteiger partial charge in [0.2, 0.25) is 0 Å². The van der Waals surface area contributed by atoms with Crippen molar-refractivity contribution in [2.24, 2.45) is 0 Å². The van der Waals surface area contributed by atoms with E-state index in [1.165, 1.54) is 0 Å². The van der Waals surface area contributed by atoms with Crippen LogP contribution in [0.5, 0.6) is 23.0 Å². The minimum absolute atomic E-state index is 0.0571. The Bertz CT molecular complexity index is 1030. The first-order chi connectivity index (χ1) is 14.7. The molecule has 6 heteroatoms. The lowest BCUT2D eigenvalue weighted by Gasteiger charge is -2.19. The number of aromatic nitrogens is 1. The van der Waals surface area contributed by atoms with Crippen molar-refractivity contribution in [3.63, 3.8) is 0 Å². The molecule has 4 rings (SSSR count). The smallest absolute Gasteiger partial charge is 0.163 e. The standard InChI is InChI=1S/C24H28N2O4/c1-4-28-21-12-16(9-10-20(21)27)24-18-8-7-11-26(18)19-14-23(30-6-3)22(29-5-2)13-17(19)15-25-24/h7-14,24-25,27H,4-6,15H2,1-3H3/t24-/m0/s1. The summed E-state index contributed by atoms with van der Waals surface area (Å²) in [5.41, 5.74) is 4.33. The van der Waals surface area contributed by atoms with E-state index in [9.17, 15) is 5.11 Å². The van der Waals surface area contributed by atoms with Crippen LogP contribution in [0.4, 0.5) is 0 Å². The summed E-state index contributed by atoms with van der Waals surface area (Å²) in [5.74, 6) is 2.15. The minimum Gasteiger partial charge on any atom is -0.504 e. The summed E-state index contributed by atoms with van der Waals surface area (Å²) in [5, 5.41) is 13.8. The van der Waals surface area contributed by atoms with Gasteiger partial charge < -0.3 is 29.2 Å². The Hall–Kier alpha value is -3.12. The number of nitrogens with one attached hydrogen (secondary N) is 1. The molecule has 2 N–H and O–H groups in total.